The standard InChI is InChI=1S/C20H21N5O4/c1-13-7-8-18(29-3)15(11-13)9-10-21-20(26)19-14(2)24(23-22-19)16-5-4-6-17(12-16)25(27)28/h4-8,11-12H,9-10H2,1-3H3,(H,21,26). The molecule has 0 unspecified atom stereocenters. The van der Waals surface area contributed by atoms with Crippen molar-refractivity contribution in [2.45, 2.75) is 20.3 Å². The number of benzene rings is 2. The fraction of sp³-hybridized carbons (Fsp3) is 0.250. The van der Waals surface area contributed by atoms with Crippen molar-refractivity contribution < 1.29 is 14.5 Å². The largest absolute Gasteiger partial charge is 0.496 e. The van der Waals surface area contributed by atoms with Gasteiger partial charge in [-0.25, -0.2) is 4.68 Å². The number of carbonyl (C=O) groups excluding carboxylic acids is 1. The van der Waals surface area contributed by atoms with Crippen LogP contribution < -0.4 is 10.1 Å². The number of carbonyl (C=O) groups is 1. The highest BCUT2D eigenvalue weighted by molar-refractivity contribution is 5.93. The van der Waals surface area contributed by atoms with Crippen LogP contribution in [0.25, 0.3) is 5.69 Å². The van der Waals surface area contributed by atoms with Crippen molar-refractivity contribution in [1.29, 1.82) is 0 Å². The average molecular weight is 395 g/mol. The molecular weight excluding hydrogens is 374 g/mol. The van der Waals surface area contributed by atoms with Gasteiger partial charge >= 0.3 is 0 Å². The predicted molar refractivity (Wildman–Crippen MR) is 107 cm³/mol. The van der Waals surface area contributed by atoms with E-state index in [0.29, 0.717) is 24.3 Å². The van der Waals surface area contributed by atoms with Gasteiger partial charge in [0.15, 0.2) is 5.69 Å². The molecule has 1 amide bonds. The van der Waals surface area contributed by atoms with Gasteiger partial charge in [0.05, 0.1) is 23.4 Å². The lowest BCUT2D eigenvalue weighted by Crippen LogP contribution is -2.27. The van der Waals surface area contributed by atoms with Crippen LogP contribution in [0.4, 0.5) is 5.69 Å². The minimum atomic E-state index is -0.483. The molecule has 1 aromatic heterocycles. The van der Waals surface area contributed by atoms with E-state index in [4.69, 9.17) is 4.74 Å². The Balaban J connectivity index is 1.71. The maximum atomic E-state index is 12.5. The van der Waals surface area contributed by atoms with Crippen LogP contribution in [-0.4, -0.2) is 39.5 Å². The van der Waals surface area contributed by atoms with Gasteiger partial charge in [0, 0.05) is 18.7 Å². The number of rotatable bonds is 7. The minimum Gasteiger partial charge on any atom is -0.496 e. The number of hydrogen-bond donors (Lipinski definition) is 1. The molecule has 0 fully saturated rings. The molecule has 0 saturated heterocycles. The molecule has 0 aliphatic carbocycles. The first-order valence-corrected chi connectivity index (χ1v) is 8.99. The highest BCUT2D eigenvalue weighted by Gasteiger charge is 2.18. The third-order valence-corrected chi connectivity index (χ3v) is 4.51. The first-order valence-electron chi connectivity index (χ1n) is 8.99. The van der Waals surface area contributed by atoms with E-state index in [2.05, 4.69) is 15.6 Å². The topological polar surface area (TPSA) is 112 Å². The molecule has 3 aromatic rings. The van der Waals surface area contributed by atoms with Gasteiger partial charge in [-0.15, -0.1) is 5.10 Å². The molecule has 0 saturated carbocycles. The molecule has 0 bridgehead atoms. The molecule has 0 spiro atoms. The second-order valence-corrected chi connectivity index (χ2v) is 6.53. The zero-order chi connectivity index (χ0) is 21.0. The summed E-state index contributed by atoms with van der Waals surface area (Å²) in [5.41, 5.74) is 3.19. The summed E-state index contributed by atoms with van der Waals surface area (Å²) in [4.78, 5) is 23.0. The zero-order valence-electron chi connectivity index (χ0n) is 16.4. The van der Waals surface area contributed by atoms with Crippen molar-refractivity contribution in [3.05, 3.63) is 75.1 Å². The highest BCUT2D eigenvalue weighted by Crippen LogP contribution is 2.20. The van der Waals surface area contributed by atoms with Gasteiger partial charge in [-0.05, 0) is 38.0 Å². The SMILES string of the molecule is COc1ccc(C)cc1CCNC(=O)c1nnn(-c2cccc([N+](=O)[O-])c2)c1C. The lowest BCUT2D eigenvalue weighted by atomic mass is 10.1. The number of nitro benzene ring substituents is 1. The molecule has 2 aromatic carbocycles. The maximum Gasteiger partial charge on any atom is 0.273 e. The summed E-state index contributed by atoms with van der Waals surface area (Å²) in [6.07, 6.45) is 0.606. The third kappa shape index (κ3) is 4.40. The van der Waals surface area contributed by atoms with Crippen LogP contribution in [0.15, 0.2) is 42.5 Å². The molecule has 3 rings (SSSR count). The Labute approximate surface area is 167 Å². The molecule has 1 N–H and O–H groups in total. The van der Waals surface area contributed by atoms with Crippen LogP contribution in [0.2, 0.25) is 0 Å². The summed E-state index contributed by atoms with van der Waals surface area (Å²) >= 11 is 0. The van der Waals surface area contributed by atoms with Gasteiger partial charge < -0.3 is 10.1 Å². The smallest absolute Gasteiger partial charge is 0.273 e. The van der Waals surface area contributed by atoms with Crippen LogP contribution in [-0.2, 0) is 6.42 Å². The van der Waals surface area contributed by atoms with Gasteiger partial charge in [0.2, 0.25) is 0 Å². The Hall–Kier alpha value is -3.75. The van der Waals surface area contributed by atoms with E-state index in [1.807, 2.05) is 25.1 Å². The minimum absolute atomic E-state index is 0.0597. The lowest BCUT2D eigenvalue weighted by Gasteiger charge is -2.10. The predicted octanol–water partition coefficient (Wildman–Crippen LogP) is 2.77. The summed E-state index contributed by atoms with van der Waals surface area (Å²) in [7, 11) is 1.61. The first-order chi connectivity index (χ1) is 13.9. The fourth-order valence-corrected chi connectivity index (χ4v) is 3.02. The molecule has 9 heteroatoms. The van der Waals surface area contributed by atoms with Crippen molar-refractivity contribution in [2.75, 3.05) is 13.7 Å². The number of ether oxygens (including phenoxy) is 1. The number of non-ortho nitro benzene ring substituents is 1. The lowest BCUT2D eigenvalue weighted by molar-refractivity contribution is -0.384. The number of aromatic nitrogens is 3. The van der Waals surface area contributed by atoms with E-state index in [-0.39, 0.29) is 17.3 Å². The number of amides is 1. The Bertz CT molecular complexity index is 1060. The molecule has 0 radical (unpaired) electrons. The second-order valence-electron chi connectivity index (χ2n) is 6.53. The van der Waals surface area contributed by atoms with Crippen LogP contribution >= 0.6 is 0 Å². The normalized spacial score (nSPS) is 10.6. The number of nitrogens with zero attached hydrogens (tertiary/aromatic N) is 4. The summed E-state index contributed by atoms with van der Waals surface area (Å²) in [5.74, 6) is 0.420. The number of aryl methyl sites for hydroxylation is 1. The van der Waals surface area contributed by atoms with Gasteiger partial charge in [0.25, 0.3) is 11.6 Å². The van der Waals surface area contributed by atoms with E-state index < -0.39 is 4.92 Å². The summed E-state index contributed by atoms with van der Waals surface area (Å²) in [5, 5.41) is 21.7. The van der Waals surface area contributed by atoms with E-state index in [1.54, 1.807) is 26.2 Å². The highest BCUT2D eigenvalue weighted by atomic mass is 16.6. The van der Waals surface area contributed by atoms with Gasteiger partial charge in [0.1, 0.15) is 5.75 Å². The van der Waals surface area contributed by atoms with E-state index in [0.717, 1.165) is 16.9 Å². The quantitative estimate of drug-likeness (QED) is 0.486. The van der Waals surface area contributed by atoms with Crippen LogP contribution in [0.5, 0.6) is 5.75 Å². The average Bonchev–Trinajstić information content (AvgIpc) is 3.09. The molecule has 1 heterocycles. The van der Waals surface area contributed by atoms with Crippen molar-refractivity contribution >= 4 is 11.6 Å². The molecular formula is C20H21N5O4. The molecule has 0 aliphatic rings. The van der Waals surface area contributed by atoms with Crippen molar-refractivity contribution in [1.82, 2.24) is 20.3 Å². The van der Waals surface area contributed by atoms with E-state index >= 15 is 0 Å². The molecule has 0 atom stereocenters. The van der Waals surface area contributed by atoms with Crippen molar-refractivity contribution in [3.8, 4) is 11.4 Å². The first kappa shape index (κ1) is 20.0. The Kier molecular flexibility index (Phi) is 5.87. The fourth-order valence-electron chi connectivity index (χ4n) is 3.02. The van der Waals surface area contributed by atoms with Crippen LogP contribution in [0.1, 0.15) is 27.3 Å². The van der Waals surface area contributed by atoms with Crippen molar-refractivity contribution in [3.63, 3.8) is 0 Å². The number of methoxy groups -OCH3 is 1. The Morgan fingerprint density at radius 3 is 2.76 bits per heavy atom. The number of nitro groups is 1. The molecule has 9 nitrogen and oxygen atoms in total. The summed E-state index contributed by atoms with van der Waals surface area (Å²) in [6, 6.07) is 11.9. The second kappa shape index (κ2) is 8.51. The summed E-state index contributed by atoms with van der Waals surface area (Å²) in [6.45, 7) is 4.09. The molecule has 150 valence electrons. The maximum absolute atomic E-state index is 12.5. The van der Waals surface area contributed by atoms with Gasteiger partial charge in [-0.3, -0.25) is 14.9 Å². The Morgan fingerprint density at radius 1 is 1.24 bits per heavy atom. The third-order valence-electron chi connectivity index (χ3n) is 4.51. The Morgan fingerprint density at radius 2 is 2.03 bits per heavy atom. The molecule has 29 heavy (non-hydrogen) atoms. The van der Waals surface area contributed by atoms with Gasteiger partial charge in [-0.1, -0.05) is 29.0 Å². The van der Waals surface area contributed by atoms with Gasteiger partial charge in [-0.2, -0.15) is 0 Å². The van der Waals surface area contributed by atoms with E-state index in [9.17, 15) is 14.9 Å². The van der Waals surface area contributed by atoms with Crippen molar-refractivity contribution in [2.24, 2.45) is 0 Å². The molecule has 0 aliphatic heterocycles. The van der Waals surface area contributed by atoms with Crippen LogP contribution in [0, 0.1) is 24.0 Å². The zero-order valence-corrected chi connectivity index (χ0v) is 16.4. The van der Waals surface area contributed by atoms with E-state index in [1.165, 1.54) is 16.8 Å². The number of hydrogen-bond acceptors (Lipinski definition) is 6. The van der Waals surface area contributed by atoms with Crippen LogP contribution in [0.3, 0.4) is 0 Å². The monoisotopic (exact) mass is 395 g/mol. The number of nitrogens with one attached hydrogen (secondary N) is 1. The summed E-state index contributed by atoms with van der Waals surface area (Å²) < 4.78 is 6.76.